The van der Waals surface area contributed by atoms with Crippen LogP contribution >= 0.6 is 0 Å². The van der Waals surface area contributed by atoms with Crippen molar-refractivity contribution < 1.29 is 18.7 Å². The molecule has 184 valence electrons. The molecule has 0 fully saturated rings. The summed E-state index contributed by atoms with van der Waals surface area (Å²) in [5, 5.41) is 3.03. The van der Waals surface area contributed by atoms with Gasteiger partial charge in [0.05, 0.1) is 7.11 Å². The van der Waals surface area contributed by atoms with Crippen LogP contribution in [-0.2, 0) is 29.0 Å². The Morgan fingerprint density at radius 2 is 1.57 bits per heavy atom. The Morgan fingerprint density at radius 1 is 0.914 bits per heavy atom. The van der Waals surface area contributed by atoms with E-state index in [4.69, 9.17) is 4.74 Å². The standard InChI is InChI=1S/C29H33FN2O3/c1-3-7-28(33)32(21-24-10-14-25(30)15-11-24)27(20-23-8-5-4-6-9-23)29(34)31-19-18-22-12-16-26(35-2)17-13-22/h4-6,8-17,27H,3,7,18-21H2,1-2H3,(H,31,34)/t27-/m1/s1. The van der Waals surface area contributed by atoms with E-state index >= 15 is 0 Å². The summed E-state index contributed by atoms with van der Waals surface area (Å²) >= 11 is 0. The lowest BCUT2D eigenvalue weighted by Crippen LogP contribution is -2.50. The second kappa shape index (κ2) is 13.3. The number of carbonyl (C=O) groups excluding carboxylic acids is 2. The molecule has 0 aliphatic heterocycles. The largest absolute Gasteiger partial charge is 0.497 e. The van der Waals surface area contributed by atoms with Crippen molar-refractivity contribution >= 4 is 11.8 Å². The van der Waals surface area contributed by atoms with E-state index in [-0.39, 0.29) is 24.2 Å². The van der Waals surface area contributed by atoms with Crippen molar-refractivity contribution in [3.8, 4) is 5.75 Å². The summed E-state index contributed by atoms with van der Waals surface area (Å²) in [5.74, 6) is 0.154. The van der Waals surface area contributed by atoms with Crippen molar-refractivity contribution in [2.75, 3.05) is 13.7 Å². The minimum absolute atomic E-state index is 0.0944. The maximum Gasteiger partial charge on any atom is 0.243 e. The highest BCUT2D eigenvalue weighted by molar-refractivity contribution is 5.88. The number of benzene rings is 3. The van der Waals surface area contributed by atoms with Gasteiger partial charge in [-0.15, -0.1) is 0 Å². The number of methoxy groups -OCH3 is 1. The van der Waals surface area contributed by atoms with Crippen LogP contribution in [0.25, 0.3) is 0 Å². The van der Waals surface area contributed by atoms with Gasteiger partial charge in [-0.2, -0.15) is 0 Å². The van der Waals surface area contributed by atoms with E-state index in [0.717, 1.165) is 22.4 Å². The zero-order chi connectivity index (χ0) is 25.0. The van der Waals surface area contributed by atoms with Crippen LogP contribution in [0.4, 0.5) is 4.39 Å². The number of rotatable bonds is 12. The van der Waals surface area contributed by atoms with Crippen molar-refractivity contribution in [3.05, 3.63) is 101 Å². The number of hydrogen-bond donors (Lipinski definition) is 1. The van der Waals surface area contributed by atoms with Crippen molar-refractivity contribution in [2.24, 2.45) is 0 Å². The molecule has 0 bridgehead atoms. The first-order valence-electron chi connectivity index (χ1n) is 12.0. The molecule has 0 spiro atoms. The van der Waals surface area contributed by atoms with Gasteiger partial charge < -0.3 is 15.0 Å². The lowest BCUT2D eigenvalue weighted by molar-refractivity contribution is -0.141. The molecular formula is C29H33FN2O3. The monoisotopic (exact) mass is 476 g/mol. The number of nitrogens with one attached hydrogen (secondary N) is 1. The fraction of sp³-hybridized carbons (Fsp3) is 0.310. The summed E-state index contributed by atoms with van der Waals surface area (Å²) in [7, 11) is 1.62. The topological polar surface area (TPSA) is 58.6 Å². The molecule has 3 rings (SSSR count). The van der Waals surface area contributed by atoms with E-state index in [1.54, 1.807) is 24.1 Å². The van der Waals surface area contributed by atoms with Crippen LogP contribution in [0.3, 0.4) is 0 Å². The first kappa shape index (κ1) is 25.9. The number of nitrogens with zero attached hydrogens (tertiary/aromatic N) is 1. The van der Waals surface area contributed by atoms with Crippen LogP contribution < -0.4 is 10.1 Å². The maximum atomic E-state index is 13.4. The minimum Gasteiger partial charge on any atom is -0.497 e. The third-order valence-corrected chi connectivity index (χ3v) is 5.87. The van der Waals surface area contributed by atoms with Gasteiger partial charge in [0, 0.05) is 25.9 Å². The van der Waals surface area contributed by atoms with E-state index in [2.05, 4.69) is 5.32 Å². The SMILES string of the molecule is CCCC(=O)N(Cc1ccc(F)cc1)[C@H](Cc1ccccc1)C(=O)NCCc1ccc(OC)cc1. The van der Waals surface area contributed by atoms with E-state index in [0.29, 0.717) is 32.2 Å². The van der Waals surface area contributed by atoms with Crippen molar-refractivity contribution in [3.63, 3.8) is 0 Å². The number of hydrogen-bond acceptors (Lipinski definition) is 3. The van der Waals surface area contributed by atoms with Gasteiger partial charge in [-0.25, -0.2) is 4.39 Å². The molecular weight excluding hydrogens is 443 g/mol. The molecule has 3 aromatic carbocycles. The lowest BCUT2D eigenvalue weighted by atomic mass is 10.0. The number of carbonyl (C=O) groups is 2. The molecule has 0 saturated carbocycles. The van der Waals surface area contributed by atoms with E-state index in [1.807, 2.05) is 61.5 Å². The fourth-order valence-corrected chi connectivity index (χ4v) is 3.94. The van der Waals surface area contributed by atoms with Crippen LogP contribution in [0.5, 0.6) is 5.75 Å². The maximum absolute atomic E-state index is 13.4. The molecule has 0 aromatic heterocycles. The van der Waals surface area contributed by atoms with Crippen molar-refractivity contribution in [1.82, 2.24) is 10.2 Å². The summed E-state index contributed by atoms with van der Waals surface area (Å²) in [6.07, 6.45) is 2.07. The Morgan fingerprint density at radius 3 is 2.20 bits per heavy atom. The normalized spacial score (nSPS) is 11.5. The van der Waals surface area contributed by atoms with E-state index in [9.17, 15) is 14.0 Å². The highest BCUT2D eigenvalue weighted by atomic mass is 19.1. The van der Waals surface area contributed by atoms with Crippen LogP contribution in [0, 0.1) is 5.82 Å². The molecule has 0 aliphatic carbocycles. The molecule has 5 nitrogen and oxygen atoms in total. The first-order chi connectivity index (χ1) is 17.0. The molecule has 1 atom stereocenters. The molecule has 0 radical (unpaired) electrons. The van der Waals surface area contributed by atoms with Crippen LogP contribution in [-0.4, -0.2) is 36.4 Å². The van der Waals surface area contributed by atoms with Gasteiger partial charge in [0.15, 0.2) is 0 Å². The summed E-state index contributed by atoms with van der Waals surface area (Å²) in [5.41, 5.74) is 2.83. The van der Waals surface area contributed by atoms with Crippen molar-refractivity contribution in [2.45, 2.75) is 45.2 Å². The van der Waals surface area contributed by atoms with E-state index < -0.39 is 6.04 Å². The quantitative estimate of drug-likeness (QED) is 0.403. The second-order valence-electron chi connectivity index (χ2n) is 8.49. The molecule has 2 amide bonds. The lowest BCUT2D eigenvalue weighted by Gasteiger charge is -2.31. The highest BCUT2D eigenvalue weighted by Gasteiger charge is 2.29. The van der Waals surface area contributed by atoms with Gasteiger partial charge in [0.25, 0.3) is 0 Å². The summed E-state index contributed by atoms with van der Waals surface area (Å²) < 4.78 is 18.6. The Bertz CT molecular complexity index is 1070. The average molecular weight is 477 g/mol. The number of amides is 2. The fourth-order valence-electron chi connectivity index (χ4n) is 3.94. The molecule has 0 unspecified atom stereocenters. The van der Waals surface area contributed by atoms with Crippen molar-refractivity contribution in [1.29, 1.82) is 0 Å². The zero-order valence-corrected chi connectivity index (χ0v) is 20.4. The van der Waals surface area contributed by atoms with Gasteiger partial charge in [0.1, 0.15) is 17.6 Å². The minimum atomic E-state index is -0.683. The predicted molar refractivity (Wildman–Crippen MR) is 135 cm³/mol. The highest BCUT2D eigenvalue weighted by Crippen LogP contribution is 2.17. The van der Waals surface area contributed by atoms with Gasteiger partial charge in [-0.05, 0) is 53.8 Å². The van der Waals surface area contributed by atoms with Gasteiger partial charge in [-0.3, -0.25) is 9.59 Å². The van der Waals surface area contributed by atoms with E-state index in [1.165, 1.54) is 12.1 Å². The van der Waals surface area contributed by atoms with Crippen LogP contribution in [0.2, 0.25) is 0 Å². The third kappa shape index (κ3) is 7.95. The Balaban J connectivity index is 1.79. The first-order valence-corrected chi connectivity index (χ1v) is 12.0. The summed E-state index contributed by atoms with van der Waals surface area (Å²) in [6.45, 7) is 2.63. The van der Waals surface area contributed by atoms with Crippen LogP contribution in [0.15, 0.2) is 78.9 Å². The Labute approximate surface area is 206 Å². The van der Waals surface area contributed by atoms with Gasteiger partial charge >= 0.3 is 0 Å². The zero-order valence-electron chi connectivity index (χ0n) is 20.4. The van der Waals surface area contributed by atoms with Crippen LogP contribution in [0.1, 0.15) is 36.5 Å². The molecule has 0 saturated heterocycles. The summed E-state index contributed by atoms with van der Waals surface area (Å²) in [4.78, 5) is 28.2. The molecule has 35 heavy (non-hydrogen) atoms. The predicted octanol–water partition coefficient (Wildman–Crippen LogP) is 4.93. The molecule has 1 N–H and O–H groups in total. The Hall–Kier alpha value is -3.67. The second-order valence-corrected chi connectivity index (χ2v) is 8.49. The molecule has 0 aliphatic rings. The number of ether oxygens (including phenoxy) is 1. The molecule has 0 heterocycles. The smallest absolute Gasteiger partial charge is 0.243 e. The number of halogens is 1. The summed E-state index contributed by atoms with van der Waals surface area (Å²) in [6, 6.07) is 22.8. The Kier molecular flexibility index (Phi) is 9.84. The van der Waals surface area contributed by atoms with Gasteiger partial charge in [-0.1, -0.05) is 61.5 Å². The molecule has 3 aromatic rings. The van der Waals surface area contributed by atoms with Gasteiger partial charge in [0.2, 0.25) is 11.8 Å². The average Bonchev–Trinajstić information content (AvgIpc) is 2.88. The molecule has 6 heteroatoms. The third-order valence-electron chi connectivity index (χ3n) is 5.87.